The number of rotatable bonds is 8. The molecule has 10 nitrogen and oxygen atoms in total. The number of aliphatic hydroxyl groups excluding tert-OH is 1. The molecule has 1 atom stereocenters. The van der Waals surface area contributed by atoms with Crippen molar-refractivity contribution in [1.29, 1.82) is 0 Å². The zero-order chi connectivity index (χ0) is 23.4. The molecule has 2 amide bonds. The third-order valence-corrected chi connectivity index (χ3v) is 5.30. The number of carbonyl (C=O) groups excluding carboxylic acids is 2. The van der Waals surface area contributed by atoms with E-state index >= 15 is 0 Å². The van der Waals surface area contributed by atoms with Gasteiger partial charge in [-0.2, -0.15) is 5.10 Å². The van der Waals surface area contributed by atoms with Crippen LogP contribution in [0.25, 0.3) is 11.1 Å². The van der Waals surface area contributed by atoms with Crippen LogP contribution in [0.2, 0.25) is 0 Å². The molecule has 0 aliphatic heterocycles. The van der Waals surface area contributed by atoms with E-state index in [1.807, 2.05) is 48.5 Å². The quantitative estimate of drug-likeness (QED) is 0.353. The lowest BCUT2D eigenvalue weighted by Gasteiger charge is -2.14. The summed E-state index contributed by atoms with van der Waals surface area (Å²) in [5, 5.41) is 29.3. The number of fused-ring (bicyclic) bond motifs is 3. The van der Waals surface area contributed by atoms with Crippen molar-refractivity contribution in [1.82, 2.24) is 15.5 Å². The minimum Gasteiger partial charge on any atom is -0.481 e. The van der Waals surface area contributed by atoms with Crippen LogP contribution in [0.15, 0.2) is 54.6 Å². The van der Waals surface area contributed by atoms with Crippen LogP contribution in [-0.4, -0.2) is 57.6 Å². The number of amides is 2. The lowest BCUT2D eigenvalue weighted by molar-refractivity contribution is -0.139. The first-order chi connectivity index (χ1) is 15.9. The fraction of sp³-hybridized carbons (Fsp3) is 0.217. The number of aliphatic hydroxyl groups is 1. The SMILES string of the molecule is O=C(O)CC(O)CNC(=O)c1cc(NC(=O)OCC2c3ccccc3-c3ccccc32)n[nH]1. The lowest BCUT2D eigenvalue weighted by Crippen LogP contribution is -2.33. The molecule has 33 heavy (non-hydrogen) atoms. The maximum absolute atomic E-state index is 12.3. The summed E-state index contributed by atoms with van der Waals surface area (Å²) in [6.45, 7) is -0.0988. The highest BCUT2D eigenvalue weighted by Gasteiger charge is 2.29. The molecule has 5 N–H and O–H groups in total. The highest BCUT2D eigenvalue weighted by Crippen LogP contribution is 2.44. The molecule has 1 aliphatic carbocycles. The number of carbonyl (C=O) groups is 3. The molecule has 0 saturated carbocycles. The monoisotopic (exact) mass is 450 g/mol. The topological polar surface area (TPSA) is 154 Å². The summed E-state index contributed by atoms with van der Waals surface area (Å²) in [6.07, 6.45) is -2.42. The first-order valence-corrected chi connectivity index (χ1v) is 10.3. The summed E-state index contributed by atoms with van der Waals surface area (Å²) in [4.78, 5) is 34.9. The molecule has 0 saturated heterocycles. The molecule has 0 radical (unpaired) electrons. The van der Waals surface area contributed by atoms with Crippen LogP contribution in [0, 0.1) is 0 Å². The van der Waals surface area contributed by atoms with Gasteiger partial charge >= 0.3 is 12.1 Å². The van der Waals surface area contributed by atoms with Crippen molar-refractivity contribution >= 4 is 23.8 Å². The average molecular weight is 450 g/mol. The Morgan fingerprint density at radius 3 is 2.33 bits per heavy atom. The van der Waals surface area contributed by atoms with E-state index in [1.54, 1.807) is 0 Å². The summed E-state index contributed by atoms with van der Waals surface area (Å²) < 4.78 is 5.44. The highest BCUT2D eigenvalue weighted by molar-refractivity contribution is 5.94. The summed E-state index contributed by atoms with van der Waals surface area (Å²) in [7, 11) is 0. The van der Waals surface area contributed by atoms with Crippen molar-refractivity contribution in [3.05, 3.63) is 71.4 Å². The molecule has 10 heteroatoms. The minimum atomic E-state index is -1.22. The van der Waals surface area contributed by atoms with Crippen molar-refractivity contribution in [2.24, 2.45) is 0 Å². The number of aromatic amines is 1. The molecule has 1 aliphatic rings. The van der Waals surface area contributed by atoms with E-state index in [0.717, 1.165) is 22.3 Å². The minimum absolute atomic E-state index is 0.0338. The summed E-state index contributed by atoms with van der Waals surface area (Å²) >= 11 is 0. The van der Waals surface area contributed by atoms with Crippen molar-refractivity contribution < 1.29 is 29.3 Å². The number of carboxylic acid groups (broad SMARTS) is 1. The molecular formula is C23H22N4O6. The van der Waals surface area contributed by atoms with Gasteiger partial charge in [0.1, 0.15) is 12.3 Å². The Morgan fingerprint density at radius 2 is 1.70 bits per heavy atom. The zero-order valence-electron chi connectivity index (χ0n) is 17.4. The van der Waals surface area contributed by atoms with Gasteiger partial charge in [-0.15, -0.1) is 0 Å². The van der Waals surface area contributed by atoms with Gasteiger partial charge in [0, 0.05) is 18.5 Å². The second-order valence-corrected chi connectivity index (χ2v) is 7.58. The van der Waals surface area contributed by atoms with Crippen LogP contribution in [0.1, 0.15) is 34.0 Å². The molecule has 0 bridgehead atoms. The summed E-state index contributed by atoms with van der Waals surface area (Å²) in [6, 6.07) is 17.3. The largest absolute Gasteiger partial charge is 0.481 e. The van der Waals surface area contributed by atoms with Crippen molar-refractivity contribution in [2.75, 3.05) is 18.5 Å². The van der Waals surface area contributed by atoms with E-state index in [0.29, 0.717) is 0 Å². The first kappa shape index (κ1) is 22.0. The first-order valence-electron chi connectivity index (χ1n) is 10.3. The van der Waals surface area contributed by atoms with Crippen molar-refractivity contribution in [3.63, 3.8) is 0 Å². The Balaban J connectivity index is 1.32. The second-order valence-electron chi connectivity index (χ2n) is 7.58. The number of nitrogens with one attached hydrogen (secondary N) is 3. The van der Waals surface area contributed by atoms with Gasteiger partial charge in [0.25, 0.3) is 5.91 Å². The van der Waals surface area contributed by atoms with Gasteiger partial charge in [-0.25, -0.2) is 4.79 Å². The Bertz CT molecular complexity index is 1150. The zero-order valence-corrected chi connectivity index (χ0v) is 17.4. The Morgan fingerprint density at radius 1 is 1.06 bits per heavy atom. The number of hydrogen-bond donors (Lipinski definition) is 5. The molecule has 2 aromatic carbocycles. The van der Waals surface area contributed by atoms with Gasteiger partial charge in [0.2, 0.25) is 0 Å². The molecule has 0 fully saturated rings. The third-order valence-electron chi connectivity index (χ3n) is 5.30. The van der Waals surface area contributed by atoms with Gasteiger partial charge < -0.3 is 20.3 Å². The molecule has 4 rings (SSSR count). The van der Waals surface area contributed by atoms with E-state index in [1.165, 1.54) is 6.07 Å². The van der Waals surface area contributed by atoms with Crippen LogP contribution < -0.4 is 10.6 Å². The Hall–Kier alpha value is -4.18. The molecule has 1 unspecified atom stereocenters. The maximum atomic E-state index is 12.3. The number of aromatic nitrogens is 2. The van der Waals surface area contributed by atoms with E-state index in [4.69, 9.17) is 9.84 Å². The highest BCUT2D eigenvalue weighted by atomic mass is 16.5. The van der Waals surface area contributed by atoms with E-state index in [-0.39, 0.29) is 30.6 Å². The van der Waals surface area contributed by atoms with Gasteiger partial charge in [0.15, 0.2) is 5.82 Å². The van der Waals surface area contributed by atoms with E-state index in [9.17, 15) is 19.5 Å². The third kappa shape index (κ3) is 5.01. The van der Waals surface area contributed by atoms with Crippen LogP contribution in [0.5, 0.6) is 0 Å². The molecule has 0 spiro atoms. The number of anilines is 1. The van der Waals surface area contributed by atoms with Crippen LogP contribution in [-0.2, 0) is 9.53 Å². The van der Waals surface area contributed by atoms with Gasteiger partial charge in [-0.1, -0.05) is 48.5 Å². The molecule has 170 valence electrons. The predicted molar refractivity (Wildman–Crippen MR) is 118 cm³/mol. The fourth-order valence-corrected chi connectivity index (χ4v) is 3.82. The van der Waals surface area contributed by atoms with Gasteiger partial charge in [0.05, 0.1) is 12.5 Å². The summed E-state index contributed by atoms with van der Waals surface area (Å²) in [5.41, 5.74) is 4.47. The molecule has 1 heterocycles. The standard InChI is InChI=1S/C23H22N4O6/c28-13(9-21(29)30)11-24-22(31)19-10-20(27-26-19)25-23(32)33-12-18-16-7-3-1-5-14(16)15-6-2-4-8-17(15)18/h1-8,10,13,18,28H,9,11-12H2,(H,24,31)(H,29,30)(H2,25,26,27,32). The van der Waals surface area contributed by atoms with E-state index in [2.05, 4.69) is 20.8 Å². The molecule has 1 aromatic heterocycles. The smallest absolute Gasteiger partial charge is 0.412 e. The number of ether oxygens (including phenoxy) is 1. The number of benzene rings is 2. The summed E-state index contributed by atoms with van der Waals surface area (Å²) in [5.74, 6) is -1.77. The normalized spacial score (nSPS) is 13.0. The lowest BCUT2D eigenvalue weighted by atomic mass is 9.98. The van der Waals surface area contributed by atoms with Gasteiger partial charge in [-0.05, 0) is 22.3 Å². The predicted octanol–water partition coefficient (Wildman–Crippen LogP) is 2.34. The Labute approximate surface area is 188 Å². The Kier molecular flexibility index (Phi) is 6.36. The average Bonchev–Trinajstić information content (AvgIpc) is 3.38. The number of nitrogens with zero attached hydrogens (tertiary/aromatic N) is 1. The number of hydrogen-bond acceptors (Lipinski definition) is 6. The molecule has 3 aromatic rings. The van der Waals surface area contributed by atoms with E-state index < -0.39 is 30.5 Å². The molecular weight excluding hydrogens is 428 g/mol. The fourth-order valence-electron chi connectivity index (χ4n) is 3.82. The maximum Gasteiger partial charge on any atom is 0.412 e. The van der Waals surface area contributed by atoms with Crippen molar-refractivity contribution in [3.8, 4) is 11.1 Å². The number of carboxylic acids is 1. The number of H-pyrrole nitrogens is 1. The van der Waals surface area contributed by atoms with Crippen LogP contribution in [0.3, 0.4) is 0 Å². The van der Waals surface area contributed by atoms with Crippen LogP contribution >= 0.6 is 0 Å². The van der Waals surface area contributed by atoms with Crippen molar-refractivity contribution in [2.45, 2.75) is 18.4 Å². The second kappa shape index (κ2) is 9.53. The van der Waals surface area contributed by atoms with Crippen LogP contribution in [0.4, 0.5) is 10.6 Å². The van der Waals surface area contributed by atoms with Gasteiger partial charge in [-0.3, -0.25) is 20.0 Å². The number of aliphatic carboxylic acids is 1.